The lowest BCUT2D eigenvalue weighted by Crippen LogP contribution is -2.39. The van der Waals surface area contributed by atoms with Gasteiger partial charge in [0.25, 0.3) is 0 Å². The second-order valence-electron chi connectivity index (χ2n) is 6.81. The molecule has 134 valence electrons. The number of aliphatic imine (C=N–C) groups is 1. The zero-order valence-corrected chi connectivity index (χ0v) is 15.7. The molecule has 1 atom stereocenters. The van der Waals surface area contributed by atoms with Gasteiger partial charge in [0.05, 0.1) is 6.04 Å². The molecular weight excluding hydrogens is 298 g/mol. The molecule has 24 heavy (non-hydrogen) atoms. The summed E-state index contributed by atoms with van der Waals surface area (Å²) in [5.41, 5.74) is 2.64. The van der Waals surface area contributed by atoms with Gasteiger partial charge in [-0.2, -0.15) is 0 Å². The topological polar surface area (TPSA) is 42.9 Å². The average Bonchev–Trinajstić information content (AvgIpc) is 3.12. The van der Waals surface area contributed by atoms with E-state index in [0.29, 0.717) is 0 Å². The summed E-state index contributed by atoms with van der Waals surface area (Å²) in [6, 6.07) is 9.11. The van der Waals surface area contributed by atoms with Crippen LogP contribution in [-0.2, 0) is 0 Å². The molecule has 1 fully saturated rings. The molecule has 5 heteroatoms. The summed E-state index contributed by atoms with van der Waals surface area (Å²) >= 11 is 0. The molecule has 1 saturated heterocycles. The van der Waals surface area contributed by atoms with Gasteiger partial charge in [-0.1, -0.05) is 12.1 Å². The van der Waals surface area contributed by atoms with Crippen molar-refractivity contribution < 1.29 is 0 Å². The van der Waals surface area contributed by atoms with Crippen LogP contribution in [0.1, 0.15) is 37.8 Å². The summed E-state index contributed by atoms with van der Waals surface area (Å²) in [4.78, 5) is 9.02. The highest BCUT2D eigenvalue weighted by Gasteiger charge is 2.14. The van der Waals surface area contributed by atoms with Gasteiger partial charge in [0, 0.05) is 32.4 Å². The number of hydrogen-bond donors (Lipinski definition) is 2. The molecule has 0 amide bonds. The number of rotatable bonds is 7. The van der Waals surface area contributed by atoms with Crippen LogP contribution in [0.4, 0.5) is 5.69 Å². The Labute approximate surface area is 147 Å². The molecule has 0 bridgehead atoms. The van der Waals surface area contributed by atoms with Crippen LogP contribution in [-0.4, -0.2) is 58.2 Å². The third-order valence-corrected chi connectivity index (χ3v) is 4.49. The predicted molar refractivity (Wildman–Crippen MR) is 104 cm³/mol. The maximum absolute atomic E-state index is 4.34. The van der Waals surface area contributed by atoms with Gasteiger partial charge in [0.2, 0.25) is 0 Å². The Morgan fingerprint density at radius 3 is 2.71 bits per heavy atom. The lowest BCUT2D eigenvalue weighted by molar-refractivity contribution is 0.399. The fraction of sp³-hybridized carbons (Fsp3) is 0.632. The van der Waals surface area contributed by atoms with E-state index in [1.54, 1.807) is 0 Å². The summed E-state index contributed by atoms with van der Waals surface area (Å²) in [5.74, 6) is 0.868. The van der Waals surface area contributed by atoms with Gasteiger partial charge in [-0.05, 0) is 64.5 Å². The first-order valence-corrected chi connectivity index (χ1v) is 9.07. The molecule has 5 nitrogen and oxygen atoms in total. The summed E-state index contributed by atoms with van der Waals surface area (Å²) in [6.07, 6.45) is 3.72. The normalized spacial score (nSPS) is 16.5. The van der Waals surface area contributed by atoms with E-state index < -0.39 is 0 Å². The smallest absolute Gasteiger partial charge is 0.191 e. The standard InChI is InChI=1S/C19H33N5/c1-16(22-19(20-2)21-11-8-12-23(3)4)17-9-7-10-18(15-17)24-13-5-6-14-24/h7,9-10,15-16H,5-6,8,11-14H2,1-4H3,(H2,20,21,22). The van der Waals surface area contributed by atoms with Crippen LogP contribution in [0.25, 0.3) is 0 Å². The van der Waals surface area contributed by atoms with Gasteiger partial charge >= 0.3 is 0 Å². The molecular formula is C19H33N5. The molecule has 2 N–H and O–H groups in total. The second-order valence-corrected chi connectivity index (χ2v) is 6.81. The van der Waals surface area contributed by atoms with E-state index in [0.717, 1.165) is 25.5 Å². The molecule has 1 aliphatic heterocycles. The van der Waals surface area contributed by atoms with Crippen molar-refractivity contribution in [2.45, 2.75) is 32.2 Å². The van der Waals surface area contributed by atoms with Crippen molar-refractivity contribution >= 4 is 11.6 Å². The molecule has 0 aromatic heterocycles. The van der Waals surface area contributed by atoms with Gasteiger partial charge in [-0.25, -0.2) is 0 Å². The number of anilines is 1. The fourth-order valence-electron chi connectivity index (χ4n) is 3.05. The highest BCUT2D eigenvalue weighted by atomic mass is 15.2. The first-order valence-electron chi connectivity index (χ1n) is 9.07. The Morgan fingerprint density at radius 2 is 2.04 bits per heavy atom. The van der Waals surface area contributed by atoms with Crippen molar-refractivity contribution in [3.05, 3.63) is 29.8 Å². The van der Waals surface area contributed by atoms with E-state index in [9.17, 15) is 0 Å². The van der Waals surface area contributed by atoms with E-state index in [1.807, 2.05) is 7.05 Å². The monoisotopic (exact) mass is 331 g/mol. The first kappa shape index (κ1) is 18.6. The molecule has 1 unspecified atom stereocenters. The van der Waals surface area contributed by atoms with Crippen molar-refractivity contribution in [3.63, 3.8) is 0 Å². The lowest BCUT2D eigenvalue weighted by Gasteiger charge is -2.22. The number of benzene rings is 1. The Kier molecular flexibility index (Phi) is 7.37. The largest absolute Gasteiger partial charge is 0.372 e. The third-order valence-electron chi connectivity index (χ3n) is 4.49. The quantitative estimate of drug-likeness (QED) is 0.458. The van der Waals surface area contributed by atoms with E-state index in [-0.39, 0.29) is 6.04 Å². The summed E-state index contributed by atoms with van der Waals surface area (Å²) in [7, 11) is 6.03. The minimum atomic E-state index is 0.229. The predicted octanol–water partition coefficient (Wildman–Crippen LogP) is 2.46. The highest BCUT2D eigenvalue weighted by molar-refractivity contribution is 5.80. The van der Waals surface area contributed by atoms with Crippen molar-refractivity contribution in [1.82, 2.24) is 15.5 Å². The van der Waals surface area contributed by atoms with Crippen LogP contribution >= 0.6 is 0 Å². The Hall–Kier alpha value is -1.75. The number of nitrogens with one attached hydrogen (secondary N) is 2. The van der Waals surface area contributed by atoms with E-state index in [4.69, 9.17) is 0 Å². The van der Waals surface area contributed by atoms with Crippen molar-refractivity contribution in [2.24, 2.45) is 4.99 Å². The average molecular weight is 332 g/mol. The minimum Gasteiger partial charge on any atom is -0.372 e. The van der Waals surface area contributed by atoms with Crippen molar-refractivity contribution in [2.75, 3.05) is 52.2 Å². The maximum Gasteiger partial charge on any atom is 0.191 e. The Bertz CT molecular complexity index is 520. The molecule has 1 aromatic carbocycles. The Balaban J connectivity index is 1.88. The summed E-state index contributed by atoms with van der Waals surface area (Å²) < 4.78 is 0. The van der Waals surface area contributed by atoms with Gasteiger partial charge in [-0.15, -0.1) is 0 Å². The summed E-state index contributed by atoms with van der Waals surface area (Å²) in [6.45, 7) is 6.56. The number of hydrogen-bond acceptors (Lipinski definition) is 3. The van der Waals surface area contributed by atoms with Crippen LogP contribution in [0.5, 0.6) is 0 Å². The molecule has 1 heterocycles. The zero-order valence-electron chi connectivity index (χ0n) is 15.7. The number of guanidine groups is 1. The van der Waals surface area contributed by atoms with Crippen LogP contribution in [0.2, 0.25) is 0 Å². The third kappa shape index (κ3) is 5.71. The first-order chi connectivity index (χ1) is 11.6. The fourth-order valence-corrected chi connectivity index (χ4v) is 3.05. The SMILES string of the molecule is CN=C(NCCCN(C)C)NC(C)c1cccc(N2CCCC2)c1. The molecule has 0 spiro atoms. The van der Waals surface area contributed by atoms with E-state index in [2.05, 4.69) is 70.7 Å². The highest BCUT2D eigenvalue weighted by Crippen LogP contribution is 2.23. The molecule has 0 aliphatic carbocycles. The maximum atomic E-state index is 4.34. The van der Waals surface area contributed by atoms with E-state index in [1.165, 1.54) is 37.2 Å². The molecule has 1 aliphatic rings. The number of nitrogens with zero attached hydrogens (tertiary/aromatic N) is 3. The molecule has 2 rings (SSSR count). The van der Waals surface area contributed by atoms with Crippen LogP contribution in [0.3, 0.4) is 0 Å². The minimum absolute atomic E-state index is 0.229. The van der Waals surface area contributed by atoms with E-state index >= 15 is 0 Å². The van der Waals surface area contributed by atoms with Gasteiger partial charge in [0.1, 0.15) is 0 Å². The van der Waals surface area contributed by atoms with Crippen LogP contribution in [0.15, 0.2) is 29.3 Å². The van der Waals surface area contributed by atoms with Gasteiger partial charge < -0.3 is 20.4 Å². The molecule has 1 aromatic rings. The van der Waals surface area contributed by atoms with Crippen LogP contribution in [0, 0.1) is 0 Å². The second kappa shape index (κ2) is 9.52. The van der Waals surface area contributed by atoms with Crippen molar-refractivity contribution in [1.29, 1.82) is 0 Å². The molecule has 0 saturated carbocycles. The Morgan fingerprint density at radius 1 is 1.29 bits per heavy atom. The van der Waals surface area contributed by atoms with Crippen LogP contribution < -0.4 is 15.5 Å². The lowest BCUT2D eigenvalue weighted by atomic mass is 10.1. The van der Waals surface area contributed by atoms with Gasteiger partial charge in [0.15, 0.2) is 5.96 Å². The van der Waals surface area contributed by atoms with Gasteiger partial charge in [-0.3, -0.25) is 4.99 Å². The molecule has 0 radical (unpaired) electrons. The van der Waals surface area contributed by atoms with Crippen molar-refractivity contribution in [3.8, 4) is 0 Å². The summed E-state index contributed by atoms with van der Waals surface area (Å²) in [5, 5.41) is 6.89. The zero-order chi connectivity index (χ0) is 17.4.